The van der Waals surface area contributed by atoms with Crippen LogP contribution in [0.1, 0.15) is 28.8 Å². The van der Waals surface area contributed by atoms with Crippen LogP contribution in [0.5, 0.6) is 0 Å². The van der Waals surface area contributed by atoms with Crippen LogP contribution in [0.2, 0.25) is 0 Å². The Morgan fingerprint density at radius 1 is 0.958 bits per heavy atom. The molecule has 130 valence electrons. The van der Waals surface area contributed by atoms with Gasteiger partial charge in [-0.25, -0.2) is 0 Å². The molecule has 5 nitrogen and oxygen atoms in total. The van der Waals surface area contributed by atoms with Crippen LogP contribution in [0.25, 0.3) is 0 Å². The molecule has 3 rings (SSSR count). The van der Waals surface area contributed by atoms with Crippen molar-refractivity contribution in [1.82, 2.24) is 9.80 Å². The molecule has 0 atom stereocenters. The van der Waals surface area contributed by atoms with Gasteiger partial charge in [-0.2, -0.15) is 13.2 Å². The summed E-state index contributed by atoms with van der Waals surface area (Å²) in [4.78, 5) is 27.7. The van der Waals surface area contributed by atoms with Gasteiger partial charge in [0.2, 0.25) is 5.91 Å². The number of nitrogens with two attached hydrogens (primary N) is 1. The molecule has 1 aliphatic heterocycles. The summed E-state index contributed by atoms with van der Waals surface area (Å²) in [6.07, 6.45) is -3.04. The molecule has 24 heavy (non-hydrogen) atoms. The molecule has 1 aromatic carbocycles. The Morgan fingerprint density at radius 2 is 1.46 bits per heavy atom. The number of piperazine rings is 1. The number of benzene rings is 1. The van der Waals surface area contributed by atoms with E-state index in [0.29, 0.717) is 39.0 Å². The summed E-state index contributed by atoms with van der Waals surface area (Å²) >= 11 is 0. The van der Waals surface area contributed by atoms with Crippen LogP contribution >= 0.6 is 0 Å². The van der Waals surface area contributed by atoms with Crippen molar-refractivity contribution < 1.29 is 22.8 Å². The van der Waals surface area contributed by atoms with Gasteiger partial charge in [-0.3, -0.25) is 9.59 Å². The van der Waals surface area contributed by atoms with Crippen LogP contribution in [-0.4, -0.2) is 53.3 Å². The van der Waals surface area contributed by atoms with Gasteiger partial charge in [0.15, 0.2) is 0 Å². The lowest BCUT2D eigenvalue weighted by Gasteiger charge is -2.36. The van der Waals surface area contributed by atoms with Gasteiger partial charge in [0.25, 0.3) is 5.91 Å². The highest BCUT2D eigenvalue weighted by molar-refractivity contribution is 5.94. The lowest BCUT2D eigenvalue weighted by Crippen LogP contribution is -2.55. The third kappa shape index (κ3) is 3.24. The summed E-state index contributed by atoms with van der Waals surface area (Å²) in [5.41, 5.74) is 4.59. The van der Waals surface area contributed by atoms with E-state index in [2.05, 4.69) is 0 Å². The number of rotatable bonds is 2. The van der Waals surface area contributed by atoms with E-state index in [1.807, 2.05) is 0 Å². The molecule has 2 aliphatic rings. The Morgan fingerprint density at radius 3 is 1.92 bits per heavy atom. The highest BCUT2D eigenvalue weighted by Crippen LogP contribution is 2.34. The zero-order chi connectivity index (χ0) is 17.5. The number of hydrogen-bond acceptors (Lipinski definition) is 3. The van der Waals surface area contributed by atoms with E-state index < -0.39 is 17.3 Å². The maximum absolute atomic E-state index is 12.6. The summed E-state index contributed by atoms with van der Waals surface area (Å²) < 4.78 is 37.7. The number of hydrogen-bond donors (Lipinski definition) is 1. The normalized spacial score (nSPS) is 20.0. The number of alkyl halides is 3. The zero-order valence-corrected chi connectivity index (χ0v) is 13.0. The van der Waals surface area contributed by atoms with Crippen molar-refractivity contribution in [3.05, 3.63) is 35.4 Å². The molecular formula is C16H18F3N3O2. The van der Waals surface area contributed by atoms with Gasteiger partial charge >= 0.3 is 6.18 Å². The van der Waals surface area contributed by atoms with Crippen LogP contribution in [0, 0.1) is 0 Å². The summed E-state index contributed by atoms with van der Waals surface area (Å²) in [6, 6.07) is 4.17. The summed E-state index contributed by atoms with van der Waals surface area (Å²) in [5.74, 6) is -0.408. The predicted molar refractivity (Wildman–Crippen MR) is 80.1 cm³/mol. The molecule has 2 fully saturated rings. The number of carbonyl (C=O) groups is 2. The molecule has 1 saturated carbocycles. The van der Waals surface area contributed by atoms with Crippen molar-refractivity contribution in [2.75, 3.05) is 26.2 Å². The molecule has 0 radical (unpaired) electrons. The SMILES string of the molecule is NC1(C(=O)N2CCN(C(=O)c3ccc(C(F)(F)F)cc3)CC2)CC1. The second kappa shape index (κ2) is 5.77. The molecular weight excluding hydrogens is 323 g/mol. The Bertz CT molecular complexity index is 646. The van der Waals surface area contributed by atoms with Crippen LogP contribution in [0.3, 0.4) is 0 Å². The number of halogens is 3. The summed E-state index contributed by atoms with van der Waals surface area (Å²) in [7, 11) is 0. The van der Waals surface area contributed by atoms with Crippen molar-refractivity contribution in [3.8, 4) is 0 Å². The van der Waals surface area contributed by atoms with Crippen molar-refractivity contribution in [2.24, 2.45) is 5.73 Å². The van der Waals surface area contributed by atoms with Gasteiger partial charge in [-0.05, 0) is 37.1 Å². The first-order valence-electron chi connectivity index (χ1n) is 7.75. The predicted octanol–water partition coefficient (Wildman–Crippen LogP) is 1.48. The van der Waals surface area contributed by atoms with E-state index in [1.165, 1.54) is 12.1 Å². The van der Waals surface area contributed by atoms with E-state index in [1.54, 1.807) is 9.80 Å². The summed E-state index contributed by atoms with van der Waals surface area (Å²) in [6.45, 7) is 1.48. The second-order valence-electron chi connectivity index (χ2n) is 6.32. The lowest BCUT2D eigenvalue weighted by molar-refractivity contribution is -0.137. The smallest absolute Gasteiger partial charge is 0.338 e. The van der Waals surface area contributed by atoms with Crippen LogP contribution < -0.4 is 5.73 Å². The fourth-order valence-corrected chi connectivity index (χ4v) is 2.76. The quantitative estimate of drug-likeness (QED) is 0.886. The first kappa shape index (κ1) is 16.8. The molecule has 0 spiro atoms. The third-order valence-electron chi connectivity index (χ3n) is 4.53. The van der Waals surface area contributed by atoms with Crippen molar-refractivity contribution >= 4 is 11.8 Å². The van der Waals surface area contributed by atoms with E-state index in [0.717, 1.165) is 12.1 Å². The van der Waals surface area contributed by atoms with Crippen molar-refractivity contribution in [2.45, 2.75) is 24.6 Å². The van der Waals surface area contributed by atoms with Gasteiger partial charge in [0.05, 0.1) is 11.1 Å². The third-order valence-corrected chi connectivity index (χ3v) is 4.53. The molecule has 2 amide bonds. The minimum atomic E-state index is -4.42. The lowest BCUT2D eigenvalue weighted by atomic mass is 10.1. The molecule has 0 unspecified atom stereocenters. The number of amides is 2. The largest absolute Gasteiger partial charge is 0.416 e. The topological polar surface area (TPSA) is 66.6 Å². The Balaban J connectivity index is 1.60. The maximum Gasteiger partial charge on any atom is 0.416 e. The molecule has 0 aromatic heterocycles. The molecule has 2 N–H and O–H groups in total. The standard InChI is InChI=1S/C16H18F3N3O2/c17-16(18,19)12-3-1-11(2-4-12)13(23)21-7-9-22(10-8-21)14(24)15(20)5-6-15/h1-4H,5-10,20H2. The highest BCUT2D eigenvalue weighted by Gasteiger charge is 2.48. The minimum Gasteiger partial charge on any atom is -0.338 e. The van der Waals surface area contributed by atoms with Gasteiger partial charge in [0.1, 0.15) is 0 Å². The average molecular weight is 341 g/mol. The fourth-order valence-electron chi connectivity index (χ4n) is 2.76. The second-order valence-corrected chi connectivity index (χ2v) is 6.32. The van der Waals surface area contributed by atoms with E-state index >= 15 is 0 Å². The van der Waals surface area contributed by atoms with Crippen LogP contribution in [0.4, 0.5) is 13.2 Å². The molecule has 1 aliphatic carbocycles. The molecule has 1 heterocycles. The number of nitrogens with zero attached hydrogens (tertiary/aromatic N) is 2. The van der Waals surface area contributed by atoms with E-state index in [4.69, 9.17) is 5.73 Å². The first-order valence-corrected chi connectivity index (χ1v) is 7.75. The van der Waals surface area contributed by atoms with Gasteiger partial charge in [0, 0.05) is 31.7 Å². The van der Waals surface area contributed by atoms with E-state index in [9.17, 15) is 22.8 Å². The monoisotopic (exact) mass is 341 g/mol. The van der Waals surface area contributed by atoms with Crippen LogP contribution in [0.15, 0.2) is 24.3 Å². The minimum absolute atomic E-state index is 0.0795. The molecule has 0 bridgehead atoms. The molecule has 1 aromatic rings. The highest BCUT2D eigenvalue weighted by atomic mass is 19.4. The molecule has 8 heteroatoms. The van der Waals surface area contributed by atoms with Crippen molar-refractivity contribution in [3.63, 3.8) is 0 Å². The van der Waals surface area contributed by atoms with Crippen LogP contribution in [-0.2, 0) is 11.0 Å². The van der Waals surface area contributed by atoms with Gasteiger partial charge in [-0.1, -0.05) is 0 Å². The number of carbonyl (C=O) groups excluding carboxylic acids is 2. The molecule has 1 saturated heterocycles. The Labute approximate surface area is 137 Å². The van der Waals surface area contributed by atoms with Crippen molar-refractivity contribution in [1.29, 1.82) is 0 Å². The zero-order valence-electron chi connectivity index (χ0n) is 13.0. The van der Waals surface area contributed by atoms with E-state index in [-0.39, 0.29) is 17.4 Å². The maximum atomic E-state index is 12.6. The van der Waals surface area contributed by atoms with Gasteiger partial charge in [-0.15, -0.1) is 0 Å². The fraction of sp³-hybridized carbons (Fsp3) is 0.500. The Hall–Kier alpha value is -2.09. The summed E-state index contributed by atoms with van der Waals surface area (Å²) in [5, 5.41) is 0. The van der Waals surface area contributed by atoms with Gasteiger partial charge < -0.3 is 15.5 Å². The first-order chi connectivity index (χ1) is 11.2. The average Bonchev–Trinajstić information content (AvgIpc) is 3.32. The Kier molecular flexibility index (Phi) is 4.03.